The van der Waals surface area contributed by atoms with Gasteiger partial charge in [-0.15, -0.1) is 24.0 Å². The van der Waals surface area contributed by atoms with Crippen LogP contribution in [0.2, 0.25) is 0 Å². The van der Waals surface area contributed by atoms with E-state index in [4.69, 9.17) is 10.5 Å². The first kappa shape index (κ1) is 16.0. The lowest BCUT2D eigenvalue weighted by atomic mass is 10.3. The molecule has 0 heterocycles. The second-order valence-corrected chi connectivity index (χ2v) is 3.48. The Bertz CT molecular complexity index is 355. The van der Waals surface area contributed by atoms with Gasteiger partial charge >= 0.3 is 0 Å². The molecule has 0 radical (unpaired) electrons. The maximum Gasteiger partial charge on any atom is 0.193 e. The maximum atomic E-state index is 5.74. The number of hydrogen-bond acceptors (Lipinski definition) is 2. The number of unbranched alkanes of at least 4 members (excludes halogenated alkanes) is 1. The molecule has 4 nitrogen and oxygen atoms in total. The van der Waals surface area contributed by atoms with Crippen molar-refractivity contribution in [2.75, 3.05) is 19.0 Å². The number of rotatable bonds is 5. The van der Waals surface area contributed by atoms with Gasteiger partial charge in [-0.05, 0) is 18.6 Å². The highest BCUT2D eigenvalue weighted by Gasteiger charge is 1.96. The third-order valence-corrected chi connectivity index (χ3v) is 2.14. The Balaban J connectivity index is 0.00000256. The fraction of sp³-hybridized carbons (Fsp3) is 0.417. The molecular weight excluding hydrogens is 329 g/mol. The van der Waals surface area contributed by atoms with Crippen LogP contribution in [-0.4, -0.2) is 19.6 Å². The van der Waals surface area contributed by atoms with E-state index in [1.807, 2.05) is 24.3 Å². The largest absolute Gasteiger partial charge is 0.497 e. The monoisotopic (exact) mass is 349 g/mol. The number of nitrogens with zero attached hydrogens (tertiary/aromatic N) is 1. The van der Waals surface area contributed by atoms with Gasteiger partial charge in [0.25, 0.3) is 0 Å². The van der Waals surface area contributed by atoms with Gasteiger partial charge < -0.3 is 15.8 Å². The van der Waals surface area contributed by atoms with Crippen molar-refractivity contribution in [2.24, 2.45) is 10.7 Å². The molecule has 1 rings (SSSR count). The van der Waals surface area contributed by atoms with Crippen LogP contribution in [0.15, 0.2) is 29.3 Å². The van der Waals surface area contributed by atoms with E-state index in [1.54, 1.807) is 7.11 Å². The Labute approximate surface area is 120 Å². The van der Waals surface area contributed by atoms with Gasteiger partial charge in [0.1, 0.15) is 5.75 Å². The van der Waals surface area contributed by atoms with Crippen LogP contribution >= 0.6 is 24.0 Å². The van der Waals surface area contributed by atoms with Gasteiger partial charge in [-0.1, -0.05) is 19.4 Å². The third kappa shape index (κ3) is 6.35. The average molecular weight is 349 g/mol. The second kappa shape index (κ2) is 9.09. The molecule has 96 valence electrons. The van der Waals surface area contributed by atoms with Gasteiger partial charge in [0.2, 0.25) is 0 Å². The lowest BCUT2D eigenvalue weighted by molar-refractivity contribution is 0.415. The van der Waals surface area contributed by atoms with Gasteiger partial charge in [0.05, 0.1) is 7.11 Å². The van der Waals surface area contributed by atoms with Gasteiger partial charge in [0.15, 0.2) is 5.96 Å². The molecule has 0 amide bonds. The molecule has 0 bridgehead atoms. The Morgan fingerprint density at radius 1 is 1.47 bits per heavy atom. The van der Waals surface area contributed by atoms with E-state index < -0.39 is 0 Å². The lowest BCUT2D eigenvalue weighted by Crippen LogP contribution is -2.22. The minimum Gasteiger partial charge on any atom is -0.497 e. The summed E-state index contributed by atoms with van der Waals surface area (Å²) in [6.07, 6.45) is 2.18. The quantitative estimate of drug-likeness (QED) is 0.372. The zero-order valence-electron chi connectivity index (χ0n) is 10.3. The molecule has 0 unspecified atom stereocenters. The van der Waals surface area contributed by atoms with E-state index in [0.29, 0.717) is 5.96 Å². The summed E-state index contributed by atoms with van der Waals surface area (Å²) in [6, 6.07) is 7.59. The van der Waals surface area contributed by atoms with Gasteiger partial charge in [-0.2, -0.15) is 0 Å². The number of benzene rings is 1. The van der Waals surface area contributed by atoms with E-state index in [0.717, 1.165) is 30.8 Å². The first-order valence-corrected chi connectivity index (χ1v) is 5.47. The Morgan fingerprint density at radius 2 is 2.24 bits per heavy atom. The molecule has 1 aromatic rings. The van der Waals surface area contributed by atoms with Gasteiger partial charge in [-0.3, -0.25) is 4.99 Å². The molecule has 0 aliphatic heterocycles. The van der Waals surface area contributed by atoms with Crippen molar-refractivity contribution in [1.29, 1.82) is 0 Å². The summed E-state index contributed by atoms with van der Waals surface area (Å²) in [6.45, 7) is 2.89. The number of aliphatic imine (C=N–C) groups is 1. The standard InChI is InChI=1S/C12H19N3O.HI/c1-3-4-8-14-12(13)15-10-6-5-7-11(9-10)16-2;/h5-7,9H,3-4,8H2,1-2H3,(H3,13,14,15);1H. The first-order valence-electron chi connectivity index (χ1n) is 5.47. The predicted molar refractivity (Wildman–Crippen MR) is 83.4 cm³/mol. The minimum absolute atomic E-state index is 0. The second-order valence-electron chi connectivity index (χ2n) is 3.48. The number of ether oxygens (including phenoxy) is 1. The van der Waals surface area contributed by atoms with Crippen LogP contribution in [0.5, 0.6) is 5.75 Å². The predicted octanol–water partition coefficient (Wildman–Crippen LogP) is 2.84. The molecule has 0 saturated carbocycles. The fourth-order valence-electron chi connectivity index (χ4n) is 1.25. The van der Waals surface area contributed by atoms with Gasteiger partial charge in [0, 0.05) is 18.3 Å². The number of nitrogens with two attached hydrogens (primary N) is 1. The van der Waals surface area contributed by atoms with Crippen LogP contribution in [0.25, 0.3) is 0 Å². The zero-order valence-corrected chi connectivity index (χ0v) is 12.6. The number of hydrogen-bond donors (Lipinski definition) is 2. The molecule has 0 aliphatic rings. The SMILES string of the molecule is CCCCN=C(N)Nc1cccc(OC)c1.I. The van der Waals surface area contributed by atoms with Crippen molar-refractivity contribution < 1.29 is 4.74 Å². The normalized spacial score (nSPS) is 10.6. The highest BCUT2D eigenvalue weighted by Crippen LogP contribution is 2.16. The van der Waals surface area contributed by atoms with Crippen molar-refractivity contribution in [3.05, 3.63) is 24.3 Å². The van der Waals surface area contributed by atoms with Gasteiger partial charge in [-0.25, -0.2) is 0 Å². The molecule has 17 heavy (non-hydrogen) atoms. The Kier molecular flexibility index (Phi) is 8.57. The highest BCUT2D eigenvalue weighted by molar-refractivity contribution is 14.0. The van der Waals surface area contributed by atoms with E-state index in [9.17, 15) is 0 Å². The van der Waals surface area contributed by atoms with Crippen LogP contribution in [0.4, 0.5) is 5.69 Å². The topological polar surface area (TPSA) is 59.6 Å². The number of halogens is 1. The number of nitrogens with one attached hydrogen (secondary N) is 1. The maximum absolute atomic E-state index is 5.74. The molecule has 3 N–H and O–H groups in total. The molecule has 0 fully saturated rings. The van der Waals surface area contributed by atoms with E-state index in [2.05, 4.69) is 17.2 Å². The molecule has 1 aromatic carbocycles. The molecule has 0 spiro atoms. The lowest BCUT2D eigenvalue weighted by Gasteiger charge is -2.07. The molecule has 0 aromatic heterocycles. The molecule has 5 heteroatoms. The molecular formula is C12H20IN3O. The molecule has 0 saturated heterocycles. The Hall–Kier alpha value is -0.980. The summed E-state index contributed by atoms with van der Waals surface area (Å²) < 4.78 is 5.11. The average Bonchev–Trinajstić information content (AvgIpc) is 2.29. The minimum atomic E-state index is 0. The smallest absolute Gasteiger partial charge is 0.193 e. The summed E-state index contributed by atoms with van der Waals surface area (Å²) in [5, 5.41) is 3.02. The summed E-state index contributed by atoms with van der Waals surface area (Å²) in [5.74, 6) is 1.24. The third-order valence-electron chi connectivity index (χ3n) is 2.14. The summed E-state index contributed by atoms with van der Waals surface area (Å²) >= 11 is 0. The van der Waals surface area contributed by atoms with Crippen molar-refractivity contribution in [3.63, 3.8) is 0 Å². The van der Waals surface area contributed by atoms with Crippen molar-refractivity contribution in [2.45, 2.75) is 19.8 Å². The molecule has 0 atom stereocenters. The van der Waals surface area contributed by atoms with Crippen LogP contribution < -0.4 is 15.8 Å². The van der Waals surface area contributed by atoms with Crippen molar-refractivity contribution >= 4 is 35.6 Å². The van der Waals surface area contributed by atoms with Crippen LogP contribution in [-0.2, 0) is 0 Å². The fourth-order valence-corrected chi connectivity index (χ4v) is 1.25. The van der Waals surface area contributed by atoms with Crippen molar-refractivity contribution in [3.8, 4) is 5.75 Å². The first-order chi connectivity index (χ1) is 7.76. The van der Waals surface area contributed by atoms with Crippen LogP contribution in [0.1, 0.15) is 19.8 Å². The van der Waals surface area contributed by atoms with E-state index >= 15 is 0 Å². The highest BCUT2D eigenvalue weighted by atomic mass is 127. The van der Waals surface area contributed by atoms with Crippen LogP contribution in [0.3, 0.4) is 0 Å². The summed E-state index contributed by atoms with van der Waals surface area (Å²) in [4.78, 5) is 4.21. The van der Waals surface area contributed by atoms with E-state index in [-0.39, 0.29) is 24.0 Å². The number of methoxy groups -OCH3 is 1. The summed E-state index contributed by atoms with van der Waals surface area (Å²) in [5.41, 5.74) is 6.62. The van der Waals surface area contributed by atoms with E-state index in [1.165, 1.54) is 0 Å². The number of anilines is 1. The Morgan fingerprint density at radius 3 is 2.88 bits per heavy atom. The molecule has 0 aliphatic carbocycles. The van der Waals surface area contributed by atoms with Crippen LogP contribution in [0, 0.1) is 0 Å². The zero-order chi connectivity index (χ0) is 11.8. The van der Waals surface area contributed by atoms with Crippen molar-refractivity contribution in [1.82, 2.24) is 0 Å². The summed E-state index contributed by atoms with van der Waals surface area (Å²) in [7, 11) is 1.64. The number of guanidine groups is 1.